The Kier molecular flexibility index (Phi) is 6.39. The fourth-order valence-corrected chi connectivity index (χ4v) is 1.21. The first-order chi connectivity index (χ1) is 7.00. The quantitative estimate of drug-likeness (QED) is 0.494. The van der Waals surface area contributed by atoms with E-state index in [1.54, 1.807) is 0 Å². The van der Waals surface area contributed by atoms with Gasteiger partial charge < -0.3 is 0 Å². The van der Waals surface area contributed by atoms with Gasteiger partial charge in [-0.15, -0.1) is 0 Å². The molecule has 0 bridgehead atoms. The van der Waals surface area contributed by atoms with Crippen LogP contribution >= 0.6 is 0 Å². The van der Waals surface area contributed by atoms with E-state index in [0.717, 1.165) is 25.7 Å². The first kappa shape index (κ1) is 10.8. The van der Waals surface area contributed by atoms with Gasteiger partial charge in [-0.05, 0) is 25.7 Å². The first-order valence-electron chi connectivity index (χ1n) is 5.28. The molecule has 0 spiro atoms. The molecule has 1 aliphatic rings. The Morgan fingerprint density at radius 3 is 1.36 bits per heavy atom. The van der Waals surface area contributed by atoms with E-state index in [9.17, 15) is 0 Å². The van der Waals surface area contributed by atoms with Crippen molar-refractivity contribution in [1.82, 2.24) is 0 Å². The van der Waals surface area contributed by atoms with Crippen LogP contribution in [0, 0.1) is 0 Å². The highest BCUT2D eigenvalue weighted by Crippen LogP contribution is 1.97. The molecule has 0 aromatic carbocycles. The maximum absolute atomic E-state index is 2.21. The normalized spacial score (nSPS) is 27.4. The Hall–Kier alpha value is -1.30. The van der Waals surface area contributed by atoms with E-state index < -0.39 is 0 Å². The van der Waals surface area contributed by atoms with Crippen molar-refractivity contribution < 1.29 is 0 Å². The second-order valence-electron chi connectivity index (χ2n) is 3.23. The summed E-state index contributed by atoms with van der Waals surface area (Å²) in [6.45, 7) is 0. The molecule has 0 aromatic rings. The molecule has 0 amide bonds. The molecule has 1 aliphatic carbocycles. The summed E-state index contributed by atoms with van der Waals surface area (Å²) in [7, 11) is 0. The minimum atomic E-state index is 1.04. The van der Waals surface area contributed by atoms with Crippen molar-refractivity contribution in [3.8, 4) is 0 Å². The zero-order valence-electron chi connectivity index (χ0n) is 8.60. The number of hydrogen-bond donors (Lipinski definition) is 0. The minimum absolute atomic E-state index is 1.04. The van der Waals surface area contributed by atoms with Crippen molar-refractivity contribution >= 4 is 0 Å². The Morgan fingerprint density at radius 1 is 0.429 bits per heavy atom. The van der Waals surface area contributed by atoms with Gasteiger partial charge in [-0.3, -0.25) is 0 Å². The van der Waals surface area contributed by atoms with Crippen LogP contribution < -0.4 is 0 Å². The molecule has 0 atom stereocenters. The second-order valence-corrected chi connectivity index (χ2v) is 3.23. The summed E-state index contributed by atoms with van der Waals surface area (Å²) < 4.78 is 0. The van der Waals surface area contributed by atoms with E-state index in [4.69, 9.17) is 0 Å². The van der Waals surface area contributed by atoms with Crippen molar-refractivity contribution in [3.05, 3.63) is 60.8 Å². The van der Waals surface area contributed by atoms with Crippen LogP contribution in [0.1, 0.15) is 25.7 Å². The van der Waals surface area contributed by atoms with Gasteiger partial charge in [0, 0.05) is 0 Å². The molecular weight excluding hydrogens is 168 g/mol. The van der Waals surface area contributed by atoms with Crippen LogP contribution in [-0.4, -0.2) is 0 Å². The summed E-state index contributed by atoms with van der Waals surface area (Å²) >= 11 is 0. The Bertz CT molecular complexity index is 234. The van der Waals surface area contributed by atoms with Crippen molar-refractivity contribution in [2.24, 2.45) is 0 Å². The fraction of sp³-hybridized carbons (Fsp3) is 0.286. The van der Waals surface area contributed by atoms with Crippen LogP contribution in [0.15, 0.2) is 60.8 Å². The van der Waals surface area contributed by atoms with Crippen molar-refractivity contribution in [3.63, 3.8) is 0 Å². The number of rotatable bonds is 0. The van der Waals surface area contributed by atoms with Gasteiger partial charge in [-0.25, -0.2) is 0 Å². The lowest BCUT2D eigenvalue weighted by Crippen LogP contribution is -1.65. The average Bonchev–Trinajstić information content (AvgIpc) is 2.22. The van der Waals surface area contributed by atoms with Gasteiger partial charge in [-0.2, -0.15) is 0 Å². The molecule has 0 heteroatoms. The van der Waals surface area contributed by atoms with Gasteiger partial charge in [0.25, 0.3) is 0 Å². The molecule has 0 aromatic heterocycles. The van der Waals surface area contributed by atoms with E-state index in [-0.39, 0.29) is 0 Å². The molecule has 0 heterocycles. The standard InChI is InChI=1S/C14H18/c1-2-4-6-8-10-12-14-13-11-9-7-5-3-1/h1-4,7,9-10,12-14H,5-6,8,11H2/b3-1-,4-2?,9-7+,12-10-,14-13+. The van der Waals surface area contributed by atoms with E-state index in [0.29, 0.717) is 0 Å². The summed E-state index contributed by atoms with van der Waals surface area (Å²) in [5.41, 5.74) is 0. The fourth-order valence-electron chi connectivity index (χ4n) is 1.21. The molecule has 0 saturated carbocycles. The summed E-state index contributed by atoms with van der Waals surface area (Å²) in [4.78, 5) is 0. The molecule has 74 valence electrons. The summed E-state index contributed by atoms with van der Waals surface area (Å²) in [6, 6.07) is 0. The third kappa shape index (κ3) is 6.24. The van der Waals surface area contributed by atoms with Crippen LogP contribution in [-0.2, 0) is 0 Å². The highest BCUT2D eigenvalue weighted by atomic mass is 13.8. The van der Waals surface area contributed by atoms with Gasteiger partial charge in [0.05, 0.1) is 0 Å². The molecule has 14 heavy (non-hydrogen) atoms. The van der Waals surface area contributed by atoms with E-state index in [2.05, 4.69) is 60.8 Å². The molecule has 0 nitrogen and oxygen atoms in total. The van der Waals surface area contributed by atoms with E-state index >= 15 is 0 Å². The molecule has 0 N–H and O–H groups in total. The average molecular weight is 186 g/mol. The zero-order chi connectivity index (χ0) is 9.90. The lowest BCUT2D eigenvalue weighted by molar-refractivity contribution is 1.05. The largest absolute Gasteiger partial charge is 0.0844 e. The van der Waals surface area contributed by atoms with Crippen LogP contribution in [0.5, 0.6) is 0 Å². The van der Waals surface area contributed by atoms with Crippen LogP contribution in [0.2, 0.25) is 0 Å². The maximum Gasteiger partial charge on any atom is -0.0166 e. The minimum Gasteiger partial charge on any atom is -0.0844 e. The Morgan fingerprint density at radius 2 is 0.857 bits per heavy atom. The van der Waals surface area contributed by atoms with Gasteiger partial charge >= 0.3 is 0 Å². The number of hydrogen-bond acceptors (Lipinski definition) is 0. The molecule has 0 radical (unpaired) electrons. The van der Waals surface area contributed by atoms with Crippen molar-refractivity contribution in [2.75, 3.05) is 0 Å². The first-order valence-corrected chi connectivity index (χ1v) is 5.28. The molecule has 0 saturated heterocycles. The maximum atomic E-state index is 2.21. The van der Waals surface area contributed by atoms with Gasteiger partial charge in [-0.1, -0.05) is 60.8 Å². The lowest BCUT2D eigenvalue weighted by Gasteiger charge is -1.86. The van der Waals surface area contributed by atoms with Gasteiger partial charge in [0.15, 0.2) is 0 Å². The third-order valence-corrected chi connectivity index (χ3v) is 1.98. The summed E-state index contributed by atoms with van der Waals surface area (Å²) in [5, 5.41) is 0. The second kappa shape index (κ2) is 8.31. The monoisotopic (exact) mass is 186 g/mol. The predicted octanol–water partition coefficient (Wildman–Crippen LogP) is 4.34. The van der Waals surface area contributed by atoms with Crippen LogP contribution in [0.25, 0.3) is 0 Å². The van der Waals surface area contributed by atoms with E-state index in [1.165, 1.54) is 0 Å². The smallest absolute Gasteiger partial charge is 0.0166 e. The third-order valence-electron chi connectivity index (χ3n) is 1.98. The van der Waals surface area contributed by atoms with Crippen molar-refractivity contribution in [2.45, 2.75) is 25.7 Å². The summed E-state index contributed by atoms with van der Waals surface area (Å²) in [6.07, 6.45) is 26.0. The van der Waals surface area contributed by atoms with Crippen LogP contribution in [0.3, 0.4) is 0 Å². The van der Waals surface area contributed by atoms with Crippen molar-refractivity contribution in [1.29, 1.82) is 0 Å². The SMILES string of the molecule is C1=CCC/C=C\C=C\C/C=C/C/C=C\1. The van der Waals surface area contributed by atoms with Crippen LogP contribution in [0.4, 0.5) is 0 Å². The molecule has 0 fully saturated rings. The molecule has 0 aliphatic heterocycles. The highest BCUT2D eigenvalue weighted by molar-refractivity contribution is 5.09. The highest BCUT2D eigenvalue weighted by Gasteiger charge is 1.76. The molecular formula is C14H18. The van der Waals surface area contributed by atoms with E-state index in [1.807, 2.05) is 0 Å². The topological polar surface area (TPSA) is 0 Å². The number of allylic oxidation sites excluding steroid dienone is 10. The summed E-state index contributed by atoms with van der Waals surface area (Å²) in [5.74, 6) is 0. The predicted molar refractivity (Wildman–Crippen MR) is 64.2 cm³/mol. The lowest BCUT2D eigenvalue weighted by atomic mass is 10.2. The van der Waals surface area contributed by atoms with Gasteiger partial charge in [0.1, 0.15) is 0 Å². The molecule has 1 rings (SSSR count). The Balaban J connectivity index is 2.45. The molecule has 0 unspecified atom stereocenters. The zero-order valence-corrected chi connectivity index (χ0v) is 8.60. The Labute approximate surface area is 87.0 Å². The van der Waals surface area contributed by atoms with Gasteiger partial charge in [0.2, 0.25) is 0 Å².